The van der Waals surface area contributed by atoms with Gasteiger partial charge in [0.05, 0.1) is 5.92 Å². The first-order valence-electron chi connectivity index (χ1n) is 5.81. The van der Waals surface area contributed by atoms with E-state index in [9.17, 15) is 9.59 Å². The van der Waals surface area contributed by atoms with E-state index in [1.807, 2.05) is 48.5 Å². The zero-order chi connectivity index (χ0) is 13.4. The predicted octanol–water partition coefficient (Wildman–Crippen LogP) is 2.94. The maximum atomic E-state index is 12.0. The van der Waals surface area contributed by atoms with Crippen LogP contribution in [0.15, 0.2) is 58.3 Å². The van der Waals surface area contributed by atoms with Crippen molar-refractivity contribution in [1.29, 1.82) is 0 Å². The van der Waals surface area contributed by atoms with Crippen LogP contribution in [0.4, 0.5) is 0 Å². The van der Waals surface area contributed by atoms with Gasteiger partial charge in [-0.1, -0.05) is 48.2 Å². The summed E-state index contributed by atoms with van der Waals surface area (Å²) in [6.45, 7) is 0. The summed E-state index contributed by atoms with van der Waals surface area (Å²) in [6, 6.07) is 14.9. The lowest BCUT2D eigenvalue weighted by Crippen LogP contribution is -2.25. The summed E-state index contributed by atoms with van der Waals surface area (Å²) in [7, 11) is 0. The molecule has 0 aromatic heterocycles. The SMILES string of the molecule is O=C(O)C(=O)C1c2ccccc2Sc2ccccc21. The lowest BCUT2D eigenvalue weighted by atomic mass is 9.87. The van der Waals surface area contributed by atoms with Crippen molar-refractivity contribution in [1.82, 2.24) is 0 Å². The first-order chi connectivity index (χ1) is 9.18. The molecule has 0 unspecified atom stereocenters. The minimum absolute atomic E-state index is 0.703. The molecule has 2 aromatic carbocycles. The highest BCUT2D eigenvalue weighted by molar-refractivity contribution is 7.99. The first-order valence-corrected chi connectivity index (χ1v) is 6.63. The Morgan fingerprint density at radius 2 is 1.37 bits per heavy atom. The van der Waals surface area contributed by atoms with Crippen LogP contribution in [-0.2, 0) is 9.59 Å². The predicted molar refractivity (Wildman–Crippen MR) is 71.5 cm³/mol. The Hall–Kier alpha value is -2.07. The molecule has 0 amide bonds. The molecule has 0 saturated carbocycles. The van der Waals surface area contributed by atoms with Gasteiger partial charge in [0.1, 0.15) is 0 Å². The van der Waals surface area contributed by atoms with E-state index in [2.05, 4.69) is 0 Å². The third kappa shape index (κ3) is 1.94. The number of carbonyl (C=O) groups excluding carboxylic acids is 1. The Balaban J connectivity index is 2.22. The minimum Gasteiger partial charge on any atom is -0.475 e. The van der Waals surface area contributed by atoms with E-state index in [1.54, 1.807) is 11.8 Å². The number of hydrogen-bond acceptors (Lipinski definition) is 3. The lowest BCUT2D eigenvalue weighted by molar-refractivity contribution is -0.149. The van der Waals surface area contributed by atoms with Gasteiger partial charge in [-0.25, -0.2) is 4.79 Å². The van der Waals surface area contributed by atoms with Crippen molar-refractivity contribution < 1.29 is 14.7 Å². The Labute approximate surface area is 114 Å². The van der Waals surface area contributed by atoms with E-state index < -0.39 is 17.7 Å². The van der Waals surface area contributed by atoms with Gasteiger partial charge in [0.2, 0.25) is 0 Å². The van der Waals surface area contributed by atoms with E-state index in [4.69, 9.17) is 5.11 Å². The van der Waals surface area contributed by atoms with Crippen LogP contribution in [0, 0.1) is 0 Å². The van der Waals surface area contributed by atoms with Gasteiger partial charge in [-0.3, -0.25) is 4.79 Å². The number of benzene rings is 2. The average molecular weight is 270 g/mol. The topological polar surface area (TPSA) is 54.4 Å². The second-order valence-corrected chi connectivity index (χ2v) is 5.36. The molecule has 1 aliphatic rings. The number of carboxylic acid groups (broad SMARTS) is 1. The molecule has 2 aromatic rings. The van der Waals surface area contributed by atoms with Crippen molar-refractivity contribution >= 4 is 23.5 Å². The highest BCUT2D eigenvalue weighted by atomic mass is 32.2. The molecule has 0 aliphatic carbocycles. The summed E-state index contributed by atoms with van der Waals surface area (Å²) in [5, 5.41) is 9.03. The number of aliphatic carboxylic acids is 1. The molecule has 3 nitrogen and oxygen atoms in total. The molecule has 1 aliphatic heterocycles. The molecule has 19 heavy (non-hydrogen) atoms. The third-order valence-corrected chi connectivity index (χ3v) is 4.34. The second-order valence-electron chi connectivity index (χ2n) is 4.28. The van der Waals surface area contributed by atoms with Crippen LogP contribution in [0.2, 0.25) is 0 Å². The molecule has 0 radical (unpaired) electrons. The third-order valence-electron chi connectivity index (χ3n) is 3.15. The first kappa shape index (κ1) is 12.0. The Morgan fingerprint density at radius 3 is 1.84 bits per heavy atom. The minimum atomic E-state index is -1.39. The van der Waals surface area contributed by atoms with Crippen molar-refractivity contribution in [3.8, 4) is 0 Å². The van der Waals surface area contributed by atoms with Crippen molar-refractivity contribution in [3.63, 3.8) is 0 Å². The largest absolute Gasteiger partial charge is 0.475 e. The fourth-order valence-electron chi connectivity index (χ4n) is 2.32. The highest BCUT2D eigenvalue weighted by Gasteiger charge is 2.34. The van der Waals surface area contributed by atoms with Crippen LogP contribution in [-0.4, -0.2) is 16.9 Å². The summed E-state index contributed by atoms with van der Waals surface area (Å²) < 4.78 is 0. The number of hydrogen-bond donors (Lipinski definition) is 1. The Bertz CT molecular complexity index is 633. The van der Waals surface area contributed by atoms with Crippen molar-refractivity contribution in [2.75, 3.05) is 0 Å². The van der Waals surface area contributed by atoms with Crippen LogP contribution in [0.3, 0.4) is 0 Å². The fourth-order valence-corrected chi connectivity index (χ4v) is 3.45. The Morgan fingerprint density at radius 1 is 0.895 bits per heavy atom. The zero-order valence-electron chi connectivity index (χ0n) is 9.87. The fraction of sp³-hybridized carbons (Fsp3) is 0.0667. The number of carbonyl (C=O) groups is 2. The van der Waals surface area contributed by atoms with E-state index in [1.165, 1.54) is 0 Å². The van der Waals surface area contributed by atoms with Crippen molar-refractivity contribution in [3.05, 3.63) is 59.7 Å². The zero-order valence-corrected chi connectivity index (χ0v) is 10.7. The number of carboxylic acids is 1. The van der Waals surface area contributed by atoms with Crippen LogP contribution < -0.4 is 0 Å². The van der Waals surface area contributed by atoms with Gasteiger partial charge in [-0.2, -0.15) is 0 Å². The molecule has 0 saturated heterocycles. The van der Waals surface area contributed by atoms with Gasteiger partial charge in [-0.15, -0.1) is 0 Å². The van der Waals surface area contributed by atoms with Crippen LogP contribution in [0.25, 0.3) is 0 Å². The van der Waals surface area contributed by atoms with E-state index in [0.29, 0.717) is 0 Å². The molecule has 0 bridgehead atoms. The molecule has 0 spiro atoms. The van der Waals surface area contributed by atoms with Crippen LogP contribution >= 0.6 is 11.8 Å². The van der Waals surface area contributed by atoms with Gasteiger partial charge < -0.3 is 5.11 Å². The molecular weight excluding hydrogens is 260 g/mol. The van der Waals surface area contributed by atoms with Crippen molar-refractivity contribution in [2.24, 2.45) is 0 Å². The van der Waals surface area contributed by atoms with Gasteiger partial charge in [0.15, 0.2) is 0 Å². The molecule has 3 rings (SSSR count). The van der Waals surface area contributed by atoms with E-state index >= 15 is 0 Å². The van der Waals surface area contributed by atoms with Gasteiger partial charge >= 0.3 is 5.97 Å². The van der Waals surface area contributed by atoms with Crippen LogP contribution in [0.1, 0.15) is 17.0 Å². The molecule has 94 valence electrons. The standard InChI is InChI=1S/C15H10O3S/c16-14(15(17)18)13-9-5-1-3-7-11(9)19-12-8-4-2-6-10(12)13/h1-8,13H,(H,17,18). The lowest BCUT2D eigenvalue weighted by Gasteiger charge is -2.25. The normalized spacial score (nSPS) is 13.5. The number of rotatable bonds is 2. The molecule has 0 fully saturated rings. The molecule has 4 heteroatoms. The quantitative estimate of drug-likeness (QED) is 0.852. The van der Waals surface area contributed by atoms with Gasteiger partial charge in [-0.05, 0) is 23.3 Å². The van der Waals surface area contributed by atoms with Gasteiger partial charge in [0, 0.05) is 9.79 Å². The second kappa shape index (κ2) is 4.55. The van der Waals surface area contributed by atoms with E-state index in [0.717, 1.165) is 20.9 Å². The average Bonchev–Trinajstić information content (AvgIpc) is 2.43. The summed E-state index contributed by atoms with van der Waals surface area (Å²) in [5.74, 6) is -2.87. The maximum Gasteiger partial charge on any atom is 0.373 e. The monoisotopic (exact) mass is 270 g/mol. The maximum absolute atomic E-state index is 12.0. The molecule has 0 atom stereocenters. The van der Waals surface area contributed by atoms with Gasteiger partial charge in [0.25, 0.3) is 5.78 Å². The molecule has 1 heterocycles. The number of fused-ring (bicyclic) bond motifs is 2. The smallest absolute Gasteiger partial charge is 0.373 e. The molecule has 1 N–H and O–H groups in total. The number of ketones is 1. The summed E-state index contributed by atoms with van der Waals surface area (Å²) >= 11 is 1.57. The Kier molecular flexibility index (Phi) is 2.87. The van der Waals surface area contributed by atoms with Crippen molar-refractivity contribution in [2.45, 2.75) is 15.7 Å². The summed E-state index contributed by atoms with van der Waals surface area (Å²) in [5.41, 5.74) is 1.55. The highest BCUT2D eigenvalue weighted by Crippen LogP contribution is 2.45. The van der Waals surface area contributed by atoms with Crippen LogP contribution in [0.5, 0.6) is 0 Å². The summed E-state index contributed by atoms with van der Waals surface area (Å²) in [6.07, 6.45) is 0. The molecular formula is C15H10O3S. The van der Waals surface area contributed by atoms with E-state index in [-0.39, 0.29) is 0 Å². The number of Topliss-reactive ketones (excluding diaryl/α,β-unsaturated/α-hetero) is 1. The summed E-state index contributed by atoms with van der Waals surface area (Å²) in [4.78, 5) is 25.0.